The van der Waals surface area contributed by atoms with Crippen LogP contribution in [0.15, 0.2) is 12.1 Å². The summed E-state index contributed by atoms with van der Waals surface area (Å²) in [6.07, 6.45) is -13.1. The van der Waals surface area contributed by atoms with E-state index in [9.17, 15) is 30.6 Å². The molecule has 0 aromatic heterocycles. The molecule has 0 amide bonds. The minimum Gasteiger partial charge on any atom is -0.394 e. The van der Waals surface area contributed by atoms with Crippen LogP contribution < -0.4 is 10.6 Å². The highest BCUT2D eigenvalue weighted by molar-refractivity contribution is 5.71. The lowest BCUT2D eigenvalue weighted by atomic mass is 10.0. The third-order valence-corrected chi connectivity index (χ3v) is 5.96. The van der Waals surface area contributed by atoms with Crippen molar-refractivity contribution in [3.8, 4) is 0 Å². The first kappa shape index (κ1) is 25.1. The largest absolute Gasteiger partial charge is 0.394 e. The van der Waals surface area contributed by atoms with Crippen LogP contribution in [0.25, 0.3) is 0 Å². The smallest absolute Gasteiger partial charge is 0.157 e. The van der Waals surface area contributed by atoms with E-state index in [0.717, 1.165) is 11.1 Å². The van der Waals surface area contributed by atoms with Crippen LogP contribution in [0.5, 0.6) is 0 Å². The van der Waals surface area contributed by atoms with Crippen molar-refractivity contribution in [3.63, 3.8) is 0 Å². The Morgan fingerprint density at radius 1 is 0.719 bits per heavy atom. The SMILES string of the molecule is Cc1cc(N[C@@H]2O[C@H]([C@H](O)CO)[C@H](O)[C@H]2O)c(N[C@H]2O[C@@H]([C@H](O)CO)[C@@H](O)[C@@H]2O)cc1C. The van der Waals surface area contributed by atoms with Gasteiger partial charge in [-0.15, -0.1) is 0 Å². The van der Waals surface area contributed by atoms with Crippen LogP contribution in [-0.2, 0) is 9.47 Å². The molecule has 0 bridgehead atoms. The summed E-state index contributed by atoms with van der Waals surface area (Å²) in [5, 5.41) is 84.7. The monoisotopic (exact) mass is 460 g/mol. The molecule has 10 atom stereocenters. The lowest BCUT2D eigenvalue weighted by molar-refractivity contribution is -0.0776. The van der Waals surface area contributed by atoms with Gasteiger partial charge in [0.15, 0.2) is 12.5 Å². The summed E-state index contributed by atoms with van der Waals surface area (Å²) in [6, 6.07) is 3.46. The van der Waals surface area contributed by atoms with Crippen molar-refractivity contribution in [1.29, 1.82) is 0 Å². The van der Waals surface area contributed by atoms with Crippen LogP contribution in [0.4, 0.5) is 11.4 Å². The number of aryl methyl sites for hydroxylation is 2. The van der Waals surface area contributed by atoms with Gasteiger partial charge in [-0.25, -0.2) is 0 Å². The molecule has 182 valence electrons. The van der Waals surface area contributed by atoms with E-state index in [2.05, 4.69) is 10.6 Å². The third kappa shape index (κ3) is 4.84. The second-order valence-corrected chi connectivity index (χ2v) is 8.28. The van der Waals surface area contributed by atoms with Gasteiger partial charge < -0.3 is 61.0 Å². The Bertz CT molecular complexity index is 720. The second-order valence-electron chi connectivity index (χ2n) is 8.28. The van der Waals surface area contributed by atoms with Crippen molar-refractivity contribution in [3.05, 3.63) is 23.3 Å². The van der Waals surface area contributed by atoms with Crippen LogP contribution in [0.3, 0.4) is 0 Å². The lowest BCUT2D eigenvalue weighted by Crippen LogP contribution is -2.41. The van der Waals surface area contributed by atoms with Gasteiger partial charge in [-0.05, 0) is 37.1 Å². The molecule has 10 N–H and O–H groups in total. The molecule has 12 heteroatoms. The molecular formula is C20H32N2O10. The molecule has 2 fully saturated rings. The van der Waals surface area contributed by atoms with E-state index in [1.165, 1.54) is 0 Å². The summed E-state index contributed by atoms with van der Waals surface area (Å²) in [5.41, 5.74) is 2.55. The van der Waals surface area contributed by atoms with E-state index in [1.54, 1.807) is 12.1 Å². The summed E-state index contributed by atoms with van der Waals surface area (Å²) in [7, 11) is 0. The molecule has 0 radical (unpaired) electrons. The molecule has 12 nitrogen and oxygen atoms in total. The summed E-state index contributed by atoms with van der Waals surface area (Å²) in [6.45, 7) is 2.39. The average molecular weight is 460 g/mol. The maximum atomic E-state index is 10.3. The van der Waals surface area contributed by atoms with E-state index in [1.807, 2.05) is 13.8 Å². The van der Waals surface area contributed by atoms with E-state index in [0.29, 0.717) is 11.4 Å². The molecule has 1 aromatic rings. The fourth-order valence-electron chi connectivity index (χ4n) is 3.85. The van der Waals surface area contributed by atoms with Crippen molar-refractivity contribution in [2.24, 2.45) is 0 Å². The van der Waals surface area contributed by atoms with E-state index in [-0.39, 0.29) is 0 Å². The number of aliphatic hydroxyl groups is 8. The van der Waals surface area contributed by atoms with Gasteiger partial charge in [0.05, 0.1) is 24.6 Å². The Balaban J connectivity index is 1.81. The maximum absolute atomic E-state index is 10.3. The fraction of sp³-hybridized carbons (Fsp3) is 0.700. The highest BCUT2D eigenvalue weighted by atomic mass is 16.6. The van der Waals surface area contributed by atoms with Crippen molar-refractivity contribution in [2.75, 3.05) is 23.8 Å². The normalized spacial score (nSPS) is 36.8. The number of anilines is 2. The zero-order chi connectivity index (χ0) is 23.7. The van der Waals surface area contributed by atoms with Gasteiger partial charge in [-0.1, -0.05) is 0 Å². The number of benzene rings is 1. The molecule has 32 heavy (non-hydrogen) atoms. The second kappa shape index (κ2) is 10.1. The molecule has 0 saturated carbocycles. The Hall–Kier alpha value is -1.58. The van der Waals surface area contributed by atoms with E-state index in [4.69, 9.17) is 19.7 Å². The van der Waals surface area contributed by atoms with Gasteiger partial charge in [-0.3, -0.25) is 0 Å². The molecular weight excluding hydrogens is 428 g/mol. The molecule has 2 aliphatic rings. The maximum Gasteiger partial charge on any atom is 0.157 e. The van der Waals surface area contributed by atoms with Crippen molar-refractivity contribution in [1.82, 2.24) is 0 Å². The van der Waals surface area contributed by atoms with E-state index >= 15 is 0 Å². The number of aliphatic hydroxyl groups excluding tert-OH is 8. The molecule has 2 heterocycles. The number of nitrogens with one attached hydrogen (secondary N) is 2. The Kier molecular flexibility index (Phi) is 7.93. The van der Waals surface area contributed by atoms with Gasteiger partial charge in [0, 0.05) is 0 Å². The summed E-state index contributed by atoms with van der Waals surface area (Å²) >= 11 is 0. The Morgan fingerprint density at radius 2 is 1.06 bits per heavy atom. The van der Waals surface area contributed by atoms with Crippen LogP contribution >= 0.6 is 0 Å². The molecule has 0 spiro atoms. The fourth-order valence-corrected chi connectivity index (χ4v) is 3.85. The zero-order valence-electron chi connectivity index (χ0n) is 17.7. The topological polar surface area (TPSA) is 204 Å². The van der Waals surface area contributed by atoms with Gasteiger partial charge in [0.1, 0.15) is 48.8 Å². The first-order valence-corrected chi connectivity index (χ1v) is 10.3. The predicted octanol–water partition coefficient (Wildman–Crippen LogP) is -3.27. The van der Waals surface area contributed by atoms with Gasteiger partial charge in [-0.2, -0.15) is 0 Å². The zero-order valence-corrected chi connectivity index (χ0v) is 17.7. The van der Waals surface area contributed by atoms with Gasteiger partial charge >= 0.3 is 0 Å². The number of rotatable bonds is 8. The van der Waals surface area contributed by atoms with E-state index < -0.39 is 74.5 Å². The quantitative estimate of drug-likeness (QED) is 0.186. The molecule has 0 aliphatic carbocycles. The highest BCUT2D eigenvalue weighted by Crippen LogP contribution is 2.33. The standard InChI is InChI=1S/C20H32N2O10/c1-7-3-9(21-19-15(29)13(27)17(31-19)11(25)5-23)10(4-8(7)2)22-20-16(30)14(28)18(32-20)12(26)6-24/h3-4,11-30H,5-6H2,1-2H3/t11-,12-,13-,14+,15-,16+,17-,18+,19-,20+/m1/s1. The molecule has 0 unspecified atom stereocenters. The minimum absolute atomic E-state index is 0.403. The van der Waals surface area contributed by atoms with Crippen molar-refractivity contribution >= 4 is 11.4 Å². The number of hydrogen-bond acceptors (Lipinski definition) is 12. The Morgan fingerprint density at radius 3 is 1.38 bits per heavy atom. The molecule has 3 rings (SSSR count). The highest BCUT2D eigenvalue weighted by Gasteiger charge is 2.47. The van der Waals surface area contributed by atoms with Gasteiger partial charge in [0.25, 0.3) is 0 Å². The number of hydrogen-bond donors (Lipinski definition) is 10. The summed E-state index contributed by atoms with van der Waals surface area (Å²) < 4.78 is 11.0. The van der Waals surface area contributed by atoms with Crippen LogP contribution in [0.2, 0.25) is 0 Å². The third-order valence-electron chi connectivity index (χ3n) is 5.96. The van der Waals surface area contributed by atoms with Crippen molar-refractivity contribution in [2.45, 2.75) is 75.1 Å². The van der Waals surface area contributed by atoms with Gasteiger partial charge in [0.2, 0.25) is 0 Å². The molecule has 1 aromatic carbocycles. The average Bonchev–Trinajstić information content (AvgIpc) is 3.21. The van der Waals surface area contributed by atoms with Crippen LogP contribution in [-0.4, -0.2) is 115 Å². The first-order valence-electron chi connectivity index (χ1n) is 10.3. The predicted molar refractivity (Wildman–Crippen MR) is 111 cm³/mol. The molecule has 2 aliphatic heterocycles. The number of ether oxygens (including phenoxy) is 2. The lowest BCUT2D eigenvalue weighted by Gasteiger charge is -2.25. The first-order chi connectivity index (χ1) is 15.1. The summed E-state index contributed by atoms with van der Waals surface area (Å²) in [4.78, 5) is 0. The van der Waals surface area contributed by atoms with Crippen LogP contribution in [0, 0.1) is 13.8 Å². The van der Waals surface area contributed by atoms with Crippen molar-refractivity contribution < 1.29 is 50.3 Å². The van der Waals surface area contributed by atoms with Crippen LogP contribution in [0.1, 0.15) is 11.1 Å². The Labute approximate surface area is 184 Å². The summed E-state index contributed by atoms with van der Waals surface area (Å²) in [5.74, 6) is 0. The molecule has 2 saturated heterocycles. The minimum atomic E-state index is -1.44.